The highest BCUT2D eigenvalue weighted by atomic mass is 16.5. The van der Waals surface area contributed by atoms with Crippen LogP contribution in [0.4, 0.5) is 0 Å². The highest BCUT2D eigenvalue weighted by molar-refractivity contribution is 6.42. The molecule has 76 valence electrons. The molecule has 0 aliphatic carbocycles. The highest BCUT2D eigenvalue weighted by Crippen LogP contribution is 1.85. The van der Waals surface area contributed by atoms with Crippen LogP contribution in [-0.2, 0) is 28.7 Å². The molecule has 0 amide bonds. The van der Waals surface area contributed by atoms with Gasteiger partial charge in [-0.1, -0.05) is 0 Å². The molecule has 0 spiro atoms. The first kappa shape index (κ1) is 12.0. The highest BCUT2D eigenvalue weighted by Gasteiger charge is 2.13. The van der Waals surface area contributed by atoms with Crippen LogP contribution in [0.15, 0.2) is 12.2 Å². The average molecular weight is 200 g/mol. The van der Waals surface area contributed by atoms with E-state index >= 15 is 0 Å². The molecule has 0 atom stereocenters. The van der Waals surface area contributed by atoms with E-state index in [2.05, 4.69) is 9.47 Å². The molecular weight excluding hydrogens is 192 g/mol. The molecule has 6 nitrogen and oxygen atoms in total. The second kappa shape index (κ2) is 5.63. The Morgan fingerprint density at radius 2 is 1.07 bits per heavy atom. The summed E-state index contributed by atoms with van der Waals surface area (Å²) in [6, 6.07) is 0. The normalized spacial score (nSPS) is 9.57. The van der Waals surface area contributed by atoms with Crippen LogP contribution in [0, 0.1) is 0 Å². The molecule has 0 unspecified atom stereocenters. The third-order valence-corrected chi connectivity index (χ3v) is 1.16. The molecule has 0 saturated heterocycles. The van der Waals surface area contributed by atoms with E-state index in [1.165, 1.54) is 0 Å². The summed E-state index contributed by atoms with van der Waals surface area (Å²) in [4.78, 5) is 42.5. The molecule has 0 fully saturated rings. The summed E-state index contributed by atoms with van der Waals surface area (Å²) in [5.74, 6) is -4.27. The van der Waals surface area contributed by atoms with Crippen molar-refractivity contribution in [3.8, 4) is 0 Å². The van der Waals surface area contributed by atoms with Crippen LogP contribution in [0.25, 0.3) is 0 Å². The van der Waals surface area contributed by atoms with Gasteiger partial charge in [0.15, 0.2) is 0 Å². The van der Waals surface area contributed by atoms with Crippen LogP contribution >= 0.6 is 0 Å². The van der Waals surface area contributed by atoms with Gasteiger partial charge >= 0.3 is 11.9 Å². The van der Waals surface area contributed by atoms with Crippen molar-refractivity contribution in [1.29, 1.82) is 0 Å². The van der Waals surface area contributed by atoms with Gasteiger partial charge in [0.05, 0.1) is 14.2 Å². The lowest BCUT2D eigenvalue weighted by molar-refractivity contribution is -0.150. The van der Waals surface area contributed by atoms with Gasteiger partial charge < -0.3 is 9.47 Å². The van der Waals surface area contributed by atoms with E-state index in [-0.39, 0.29) is 0 Å². The minimum Gasteiger partial charge on any atom is -0.463 e. The molecule has 0 bridgehead atoms. The van der Waals surface area contributed by atoms with Crippen LogP contribution in [0.5, 0.6) is 0 Å². The Morgan fingerprint density at radius 1 is 0.786 bits per heavy atom. The molecule has 0 aromatic rings. The first-order valence-corrected chi connectivity index (χ1v) is 3.45. The molecule has 0 aromatic carbocycles. The third kappa shape index (κ3) is 3.61. The zero-order valence-electron chi connectivity index (χ0n) is 7.60. The largest absolute Gasteiger partial charge is 0.463 e. The van der Waals surface area contributed by atoms with E-state index < -0.39 is 23.5 Å². The van der Waals surface area contributed by atoms with E-state index in [4.69, 9.17) is 0 Å². The van der Waals surface area contributed by atoms with Crippen molar-refractivity contribution in [3.05, 3.63) is 12.2 Å². The lowest BCUT2D eigenvalue weighted by Crippen LogP contribution is -2.16. The van der Waals surface area contributed by atoms with Crippen molar-refractivity contribution < 1.29 is 28.7 Å². The molecule has 0 N–H and O–H groups in total. The van der Waals surface area contributed by atoms with Gasteiger partial charge in [0.1, 0.15) is 0 Å². The Labute approximate surface area is 79.5 Å². The predicted octanol–water partition coefficient (Wildman–Crippen LogP) is -0.973. The summed E-state index contributed by atoms with van der Waals surface area (Å²) >= 11 is 0. The second-order valence-electron chi connectivity index (χ2n) is 2.04. The number of esters is 2. The molecule has 0 saturated carbocycles. The summed E-state index contributed by atoms with van der Waals surface area (Å²) in [6.45, 7) is 0. The first-order valence-electron chi connectivity index (χ1n) is 3.45. The molecule has 0 heterocycles. The van der Waals surface area contributed by atoms with Crippen LogP contribution < -0.4 is 0 Å². The van der Waals surface area contributed by atoms with Crippen LogP contribution in [0.2, 0.25) is 0 Å². The Kier molecular flexibility index (Phi) is 4.83. The minimum absolute atomic E-state index is 0.644. The zero-order valence-corrected chi connectivity index (χ0v) is 7.60. The van der Waals surface area contributed by atoms with Crippen molar-refractivity contribution >= 4 is 23.5 Å². The monoisotopic (exact) mass is 200 g/mol. The number of carbonyl (C=O) groups is 4. The molecule has 0 aliphatic heterocycles. The SMILES string of the molecule is COC(=O)C(=O)/C=C/C(=O)C(=O)OC. The van der Waals surface area contributed by atoms with Crippen molar-refractivity contribution in [2.24, 2.45) is 0 Å². The van der Waals surface area contributed by atoms with Crippen LogP contribution in [0.1, 0.15) is 0 Å². The quantitative estimate of drug-likeness (QED) is 0.329. The maximum atomic E-state index is 10.7. The number of carbonyl (C=O) groups excluding carboxylic acids is 4. The maximum Gasteiger partial charge on any atom is 0.378 e. The van der Waals surface area contributed by atoms with E-state index in [0.717, 1.165) is 14.2 Å². The molecule has 0 aromatic heterocycles. The summed E-state index contributed by atoms with van der Waals surface area (Å²) < 4.78 is 8.13. The molecule has 0 radical (unpaired) electrons. The molecule has 0 aliphatic rings. The summed E-state index contributed by atoms with van der Waals surface area (Å²) in [7, 11) is 2.05. The lowest BCUT2D eigenvalue weighted by atomic mass is 10.3. The van der Waals surface area contributed by atoms with Gasteiger partial charge in [0, 0.05) is 0 Å². The number of ether oxygens (including phenoxy) is 2. The fourth-order valence-corrected chi connectivity index (χ4v) is 0.489. The van der Waals surface area contributed by atoms with Crippen molar-refractivity contribution in [2.75, 3.05) is 14.2 Å². The van der Waals surface area contributed by atoms with Crippen molar-refractivity contribution in [1.82, 2.24) is 0 Å². The molecular formula is C8H8O6. The maximum absolute atomic E-state index is 10.7. The lowest BCUT2D eigenvalue weighted by Gasteiger charge is -1.92. The van der Waals surface area contributed by atoms with E-state index in [9.17, 15) is 19.2 Å². The fourth-order valence-electron chi connectivity index (χ4n) is 0.489. The fraction of sp³-hybridized carbons (Fsp3) is 0.250. The molecule has 6 heteroatoms. The van der Waals surface area contributed by atoms with Crippen LogP contribution in [0.3, 0.4) is 0 Å². The minimum atomic E-state index is -1.11. The third-order valence-electron chi connectivity index (χ3n) is 1.16. The van der Waals surface area contributed by atoms with E-state index in [1.54, 1.807) is 0 Å². The van der Waals surface area contributed by atoms with Gasteiger partial charge in [-0.15, -0.1) is 0 Å². The van der Waals surface area contributed by atoms with Gasteiger partial charge in [-0.05, 0) is 12.2 Å². The summed E-state index contributed by atoms with van der Waals surface area (Å²) in [5, 5.41) is 0. The number of hydrogen-bond donors (Lipinski definition) is 0. The standard InChI is InChI=1S/C8H8O6/c1-13-7(11)5(9)3-4-6(10)8(12)14-2/h3-4H,1-2H3/b4-3+. The summed E-state index contributed by atoms with van der Waals surface area (Å²) in [6.07, 6.45) is 1.29. The molecule has 0 rings (SSSR count). The number of rotatable bonds is 4. The van der Waals surface area contributed by atoms with E-state index in [0.29, 0.717) is 12.2 Å². The Balaban J connectivity index is 4.32. The Morgan fingerprint density at radius 3 is 1.29 bits per heavy atom. The number of hydrogen-bond acceptors (Lipinski definition) is 6. The average Bonchev–Trinajstić information content (AvgIpc) is 2.22. The van der Waals surface area contributed by atoms with Crippen molar-refractivity contribution in [3.63, 3.8) is 0 Å². The van der Waals surface area contributed by atoms with Gasteiger partial charge in [-0.25, -0.2) is 9.59 Å². The number of methoxy groups -OCH3 is 2. The van der Waals surface area contributed by atoms with Gasteiger partial charge in [0.2, 0.25) is 0 Å². The Hall–Kier alpha value is -1.98. The molecule has 14 heavy (non-hydrogen) atoms. The van der Waals surface area contributed by atoms with E-state index in [1.807, 2.05) is 0 Å². The summed E-state index contributed by atoms with van der Waals surface area (Å²) in [5.41, 5.74) is 0. The zero-order chi connectivity index (χ0) is 11.1. The van der Waals surface area contributed by atoms with Gasteiger partial charge in [0.25, 0.3) is 11.6 Å². The van der Waals surface area contributed by atoms with Crippen molar-refractivity contribution in [2.45, 2.75) is 0 Å². The van der Waals surface area contributed by atoms with Crippen LogP contribution in [-0.4, -0.2) is 37.7 Å². The smallest absolute Gasteiger partial charge is 0.378 e. The van der Waals surface area contributed by atoms with Gasteiger partial charge in [-0.3, -0.25) is 9.59 Å². The first-order chi connectivity index (χ1) is 6.52. The Bertz CT molecular complexity index is 271. The second-order valence-corrected chi connectivity index (χ2v) is 2.04. The predicted molar refractivity (Wildman–Crippen MR) is 43.2 cm³/mol. The number of ketones is 2. The topological polar surface area (TPSA) is 86.7 Å². The van der Waals surface area contributed by atoms with Gasteiger partial charge in [-0.2, -0.15) is 0 Å².